The molecular formula is C15H19N3O3. The second-order valence-corrected chi connectivity index (χ2v) is 5.77. The number of nitrogen functional groups attached to an aromatic ring is 1. The van der Waals surface area contributed by atoms with Crippen LogP contribution in [0.4, 0.5) is 16.3 Å². The molecule has 0 fully saturated rings. The fourth-order valence-electron chi connectivity index (χ4n) is 1.80. The third kappa shape index (κ3) is 3.98. The molecule has 0 atom stereocenters. The average molecular weight is 289 g/mol. The standard InChI is InChI=1S/C15H19N3O3/c1-9-7-10(12-8-13(16)18-21-12)5-6-11(9)17-14(19)20-15(2,3)4/h5-8H,1-4H3,(H2,16,18)(H,17,19). The quantitative estimate of drug-likeness (QED) is 0.881. The molecule has 3 N–H and O–H groups in total. The lowest BCUT2D eigenvalue weighted by Crippen LogP contribution is -2.27. The Morgan fingerprint density at radius 1 is 1.33 bits per heavy atom. The van der Waals surface area contributed by atoms with Crippen molar-refractivity contribution in [3.05, 3.63) is 29.8 Å². The number of anilines is 2. The lowest BCUT2D eigenvalue weighted by atomic mass is 10.1. The van der Waals surface area contributed by atoms with E-state index in [-0.39, 0.29) is 0 Å². The smallest absolute Gasteiger partial charge is 0.412 e. The molecule has 0 aliphatic carbocycles. The van der Waals surface area contributed by atoms with Crippen molar-refractivity contribution in [1.82, 2.24) is 5.16 Å². The molecule has 0 radical (unpaired) electrons. The van der Waals surface area contributed by atoms with Crippen molar-refractivity contribution in [2.24, 2.45) is 0 Å². The monoisotopic (exact) mass is 289 g/mol. The highest BCUT2D eigenvalue weighted by molar-refractivity contribution is 5.86. The highest BCUT2D eigenvalue weighted by Gasteiger charge is 2.17. The van der Waals surface area contributed by atoms with Gasteiger partial charge in [0, 0.05) is 17.3 Å². The zero-order valence-corrected chi connectivity index (χ0v) is 12.6. The van der Waals surface area contributed by atoms with Gasteiger partial charge in [-0.25, -0.2) is 4.79 Å². The number of aromatic nitrogens is 1. The Morgan fingerprint density at radius 2 is 2.05 bits per heavy atom. The van der Waals surface area contributed by atoms with Crippen LogP contribution in [0.5, 0.6) is 0 Å². The van der Waals surface area contributed by atoms with Gasteiger partial charge in [0.25, 0.3) is 0 Å². The van der Waals surface area contributed by atoms with Crippen LogP contribution in [0.3, 0.4) is 0 Å². The van der Waals surface area contributed by atoms with Crippen molar-refractivity contribution >= 4 is 17.6 Å². The third-order valence-electron chi connectivity index (χ3n) is 2.67. The van der Waals surface area contributed by atoms with Gasteiger partial charge in [0.05, 0.1) is 0 Å². The molecule has 0 spiro atoms. The van der Waals surface area contributed by atoms with Gasteiger partial charge in [-0.3, -0.25) is 5.32 Å². The average Bonchev–Trinajstić information content (AvgIpc) is 2.76. The van der Waals surface area contributed by atoms with Gasteiger partial charge in [0.2, 0.25) is 0 Å². The van der Waals surface area contributed by atoms with E-state index < -0.39 is 11.7 Å². The first-order valence-electron chi connectivity index (χ1n) is 6.58. The van der Waals surface area contributed by atoms with E-state index in [9.17, 15) is 4.79 Å². The summed E-state index contributed by atoms with van der Waals surface area (Å²) in [6.07, 6.45) is -0.484. The summed E-state index contributed by atoms with van der Waals surface area (Å²) in [6.45, 7) is 7.33. The van der Waals surface area contributed by atoms with Crippen LogP contribution in [0.25, 0.3) is 11.3 Å². The summed E-state index contributed by atoms with van der Waals surface area (Å²) in [7, 11) is 0. The normalized spacial score (nSPS) is 11.2. The molecular weight excluding hydrogens is 270 g/mol. The van der Waals surface area contributed by atoms with E-state index in [4.69, 9.17) is 15.0 Å². The molecule has 6 nitrogen and oxygen atoms in total. The molecule has 1 heterocycles. The maximum absolute atomic E-state index is 11.8. The minimum absolute atomic E-state index is 0.332. The van der Waals surface area contributed by atoms with Crippen LogP contribution in [0.15, 0.2) is 28.8 Å². The minimum atomic E-state index is -0.532. The fourth-order valence-corrected chi connectivity index (χ4v) is 1.80. The number of carbonyl (C=O) groups is 1. The molecule has 0 bridgehead atoms. The summed E-state index contributed by atoms with van der Waals surface area (Å²) in [5, 5.41) is 6.37. The highest BCUT2D eigenvalue weighted by atomic mass is 16.6. The van der Waals surface area contributed by atoms with Crippen molar-refractivity contribution < 1.29 is 14.1 Å². The summed E-state index contributed by atoms with van der Waals surface area (Å²) >= 11 is 0. The van der Waals surface area contributed by atoms with E-state index in [1.54, 1.807) is 12.1 Å². The van der Waals surface area contributed by atoms with E-state index >= 15 is 0 Å². The first-order chi connectivity index (χ1) is 9.74. The molecule has 0 unspecified atom stereocenters. The Morgan fingerprint density at radius 3 is 2.57 bits per heavy atom. The maximum atomic E-state index is 11.8. The molecule has 0 saturated carbocycles. The van der Waals surface area contributed by atoms with Crippen LogP contribution < -0.4 is 11.1 Å². The molecule has 2 aromatic rings. The van der Waals surface area contributed by atoms with Crippen LogP contribution in [0.1, 0.15) is 26.3 Å². The van der Waals surface area contributed by atoms with Gasteiger partial charge in [-0.2, -0.15) is 0 Å². The van der Waals surface area contributed by atoms with E-state index in [1.807, 2.05) is 39.8 Å². The number of benzene rings is 1. The Bertz CT molecular complexity index is 656. The zero-order valence-electron chi connectivity index (χ0n) is 12.6. The van der Waals surface area contributed by atoms with Crippen LogP contribution in [0.2, 0.25) is 0 Å². The van der Waals surface area contributed by atoms with E-state index in [1.165, 1.54) is 0 Å². The summed E-state index contributed by atoms with van der Waals surface area (Å²) in [5.74, 6) is 0.915. The molecule has 112 valence electrons. The summed E-state index contributed by atoms with van der Waals surface area (Å²) in [5.41, 5.74) is 7.40. The number of nitrogens with two attached hydrogens (primary N) is 1. The van der Waals surface area contributed by atoms with Gasteiger partial charge in [-0.15, -0.1) is 0 Å². The summed E-state index contributed by atoms with van der Waals surface area (Å²) in [6, 6.07) is 7.13. The molecule has 0 aliphatic heterocycles. The van der Waals surface area contributed by atoms with E-state index in [2.05, 4.69) is 10.5 Å². The Kier molecular flexibility index (Phi) is 3.88. The number of nitrogens with zero attached hydrogens (tertiary/aromatic N) is 1. The molecule has 6 heteroatoms. The van der Waals surface area contributed by atoms with Crippen molar-refractivity contribution in [2.75, 3.05) is 11.1 Å². The zero-order chi connectivity index (χ0) is 15.6. The molecule has 1 aromatic carbocycles. The first-order valence-corrected chi connectivity index (χ1v) is 6.58. The first kappa shape index (κ1) is 14.9. The van der Waals surface area contributed by atoms with E-state index in [0.29, 0.717) is 17.3 Å². The number of hydrogen-bond donors (Lipinski definition) is 2. The Labute approximate surface area is 123 Å². The third-order valence-corrected chi connectivity index (χ3v) is 2.67. The van der Waals surface area contributed by atoms with Gasteiger partial charge in [0.15, 0.2) is 11.6 Å². The van der Waals surface area contributed by atoms with Crippen LogP contribution in [0, 0.1) is 6.92 Å². The molecule has 1 aromatic heterocycles. The largest absolute Gasteiger partial charge is 0.444 e. The SMILES string of the molecule is Cc1cc(-c2cc(N)no2)ccc1NC(=O)OC(C)(C)C. The van der Waals surface area contributed by atoms with Gasteiger partial charge < -0.3 is 15.0 Å². The minimum Gasteiger partial charge on any atom is -0.444 e. The molecule has 21 heavy (non-hydrogen) atoms. The number of carbonyl (C=O) groups excluding carboxylic acids is 1. The maximum Gasteiger partial charge on any atom is 0.412 e. The number of nitrogens with one attached hydrogen (secondary N) is 1. The molecule has 2 rings (SSSR count). The van der Waals surface area contributed by atoms with E-state index in [0.717, 1.165) is 11.1 Å². The molecule has 1 amide bonds. The van der Waals surface area contributed by atoms with Crippen LogP contribution >= 0.6 is 0 Å². The fraction of sp³-hybridized carbons (Fsp3) is 0.333. The predicted molar refractivity (Wildman–Crippen MR) is 80.9 cm³/mol. The number of ether oxygens (including phenoxy) is 1. The Balaban J connectivity index is 2.15. The summed E-state index contributed by atoms with van der Waals surface area (Å²) < 4.78 is 10.3. The van der Waals surface area contributed by atoms with Gasteiger partial charge >= 0.3 is 6.09 Å². The lowest BCUT2D eigenvalue weighted by Gasteiger charge is -2.20. The van der Waals surface area contributed by atoms with Crippen molar-refractivity contribution in [3.8, 4) is 11.3 Å². The van der Waals surface area contributed by atoms with Crippen molar-refractivity contribution in [2.45, 2.75) is 33.3 Å². The molecule has 0 aliphatic rings. The van der Waals surface area contributed by atoms with Crippen LogP contribution in [-0.2, 0) is 4.74 Å². The van der Waals surface area contributed by atoms with Crippen molar-refractivity contribution in [3.63, 3.8) is 0 Å². The predicted octanol–water partition coefficient (Wildman–Crippen LogP) is 3.58. The van der Waals surface area contributed by atoms with Gasteiger partial charge in [-0.05, 0) is 51.5 Å². The second-order valence-electron chi connectivity index (χ2n) is 5.77. The van der Waals surface area contributed by atoms with Crippen molar-refractivity contribution in [1.29, 1.82) is 0 Å². The highest BCUT2D eigenvalue weighted by Crippen LogP contribution is 2.26. The second kappa shape index (κ2) is 5.47. The number of rotatable bonds is 2. The Hall–Kier alpha value is -2.50. The topological polar surface area (TPSA) is 90.4 Å². The van der Waals surface area contributed by atoms with Gasteiger partial charge in [0.1, 0.15) is 5.60 Å². The number of hydrogen-bond acceptors (Lipinski definition) is 5. The number of aryl methyl sites for hydroxylation is 1. The van der Waals surface area contributed by atoms with Gasteiger partial charge in [-0.1, -0.05) is 5.16 Å². The molecule has 0 saturated heterocycles. The lowest BCUT2D eigenvalue weighted by molar-refractivity contribution is 0.0636. The number of amides is 1. The summed E-state index contributed by atoms with van der Waals surface area (Å²) in [4.78, 5) is 11.8. The van der Waals surface area contributed by atoms with Crippen LogP contribution in [-0.4, -0.2) is 16.9 Å².